The Bertz CT molecular complexity index is 6890. The minimum absolute atomic E-state index is 0.0272. The summed E-state index contributed by atoms with van der Waals surface area (Å²) in [5.74, 6) is 3.41. The second-order valence-electron chi connectivity index (χ2n) is 39.7. The van der Waals surface area contributed by atoms with Crippen LogP contribution in [0.4, 0.5) is 58.2 Å². The number of anilines is 10. The highest BCUT2D eigenvalue weighted by Crippen LogP contribution is 2.56. The second kappa shape index (κ2) is 39.2. The van der Waals surface area contributed by atoms with Crippen LogP contribution in [-0.4, -0.2) is 213 Å². The number of aromatic nitrogens is 20. The van der Waals surface area contributed by atoms with Crippen molar-refractivity contribution in [3.05, 3.63) is 218 Å². The molecule has 3 aliphatic carbocycles. The van der Waals surface area contributed by atoms with Crippen molar-refractivity contribution in [1.29, 1.82) is 15.8 Å². The van der Waals surface area contributed by atoms with Crippen LogP contribution in [0.2, 0.25) is 0 Å². The molecule has 3 saturated carbocycles. The summed E-state index contributed by atoms with van der Waals surface area (Å²) in [5.41, 5.74) is 15.3. The van der Waals surface area contributed by atoms with Crippen LogP contribution in [0.15, 0.2) is 184 Å². The Kier molecular flexibility index (Phi) is 25.8. The summed E-state index contributed by atoms with van der Waals surface area (Å²) >= 11 is 0. The molecule has 10 bridgehead atoms. The third kappa shape index (κ3) is 20.3. The zero-order valence-electron chi connectivity index (χ0n) is 80.1. The number of nitrogens with zero attached hydrogens (tertiary/aromatic N) is 28. The van der Waals surface area contributed by atoms with Crippen molar-refractivity contribution in [2.45, 2.75) is 216 Å². The fourth-order valence-corrected chi connectivity index (χ4v) is 21.9. The van der Waals surface area contributed by atoms with Crippen molar-refractivity contribution in [3.8, 4) is 18.2 Å². The summed E-state index contributed by atoms with van der Waals surface area (Å²) in [6.07, 6.45) is 55.0. The predicted octanol–water partition coefficient (Wildman–Crippen LogP) is 13.7. The molecule has 5 amide bonds. The van der Waals surface area contributed by atoms with E-state index in [1.165, 1.54) is 16.7 Å². The Morgan fingerprint density at radius 3 is 1.01 bits per heavy atom. The van der Waals surface area contributed by atoms with Crippen LogP contribution in [0.5, 0.6) is 0 Å². The van der Waals surface area contributed by atoms with E-state index >= 15 is 0 Å². The van der Waals surface area contributed by atoms with Crippen LogP contribution in [0.3, 0.4) is 0 Å². The number of carbonyl (C=O) groups excluding carboxylic acids is 5. The lowest BCUT2D eigenvalue weighted by Gasteiger charge is -2.35. The lowest BCUT2D eigenvalue weighted by molar-refractivity contribution is -0.137. The fourth-order valence-electron chi connectivity index (χ4n) is 21.9. The number of benzene rings is 1. The van der Waals surface area contributed by atoms with Crippen LogP contribution in [0, 0.1) is 62.6 Å². The number of rotatable bonds is 21. The zero-order valence-corrected chi connectivity index (χ0v) is 80.1. The zero-order chi connectivity index (χ0) is 97.5. The minimum Gasteiger partial charge on any atom is -0.333 e. The molecule has 13 aliphatic rings. The van der Waals surface area contributed by atoms with Gasteiger partial charge in [0.15, 0.2) is 0 Å². The van der Waals surface area contributed by atoms with Gasteiger partial charge in [-0.3, -0.25) is 47.4 Å². The average Bonchev–Trinajstić information content (AvgIpc) is 1.59. The van der Waals surface area contributed by atoms with E-state index in [9.17, 15) is 29.2 Å². The summed E-state index contributed by atoms with van der Waals surface area (Å²) in [6, 6.07) is 27.9. The molecule has 14 unspecified atom stereocenters. The SMILES string of the molecule is CC(C#N)C(=O)N1C2C=C(c3ccnc(Nc4cnn(C)c4)n3)CC1CC2.Cn1cc(Nc2nccc(C3=CC4CCC(C3)N4C(=O)C3(C#N)CC3)n2)cn1.Cn1cc(Nc2nccc(C3=CC4CCC(C3)N4C(=O)C3CC3(C)C)n2)cn1.Cn1cc(Nc2nccc(C3=CC4CCC(C3)N4C(=O)C3CC3c3ccccc3)n2)cn1.Cn1cc(Nc2nccc(C3=CC4CCC(C3)N4C(=O)CC#N)n2)cn1. The number of nitrogens with one attached hydrogen (secondary N) is 5. The number of carbonyl (C=O) groups is 5. The lowest BCUT2D eigenvalue weighted by atomic mass is 9.96. The fraction of sp³-hybridized carbons (Fsp3) is 0.427. The summed E-state index contributed by atoms with van der Waals surface area (Å²) < 4.78 is 8.61. The monoisotopic (exact) mass is 1890 g/mol. The van der Waals surface area contributed by atoms with E-state index < -0.39 is 11.3 Å². The number of hydrogen-bond acceptors (Lipinski definition) is 28. The van der Waals surface area contributed by atoms with Gasteiger partial charge in [0.25, 0.3) is 0 Å². The molecule has 24 rings (SSSR count). The van der Waals surface area contributed by atoms with E-state index in [0.29, 0.717) is 66.4 Å². The Labute approximate surface area is 816 Å². The minimum atomic E-state index is -0.748. The molecular formula is C103H113N33O5. The largest absolute Gasteiger partial charge is 0.333 e. The van der Waals surface area contributed by atoms with E-state index in [2.05, 4.69) is 182 Å². The normalized spacial score (nSPS) is 24.4. The van der Waals surface area contributed by atoms with E-state index in [1.54, 1.807) is 92.3 Å². The van der Waals surface area contributed by atoms with Gasteiger partial charge in [-0.2, -0.15) is 41.3 Å². The molecular weight excluding hydrogens is 1780 g/mol. The van der Waals surface area contributed by atoms with Gasteiger partial charge in [-0.05, 0) is 204 Å². The number of hydrogen-bond donors (Lipinski definition) is 5. The molecule has 11 aromatic rings. The quantitative estimate of drug-likeness (QED) is 0.0446. The molecule has 38 heteroatoms. The maximum atomic E-state index is 13.4. The Morgan fingerprint density at radius 2 is 0.723 bits per heavy atom. The highest BCUT2D eigenvalue weighted by molar-refractivity contribution is 5.91. The van der Waals surface area contributed by atoms with Crippen LogP contribution >= 0.6 is 0 Å². The summed E-state index contributed by atoms with van der Waals surface area (Å²) in [6.45, 7) is 6.06. The molecule has 1 aromatic carbocycles. The molecule has 0 radical (unpaired) electrons. The molecule has 20 heterocycles. The van der Waals surface area contributed by atoms with Gasteiger partial charge in [0, 0.05) is 139 Å². The van der Waals surface area contributed by atoms with Gasteiger partial charge in [0.05, 0.1) is 136 Å². The van der Waals surface area contributed by atoms with Crippen LogP contribution in [0.1, 0.15) is 189 Å². The van der Waals surface area contributed by atoms with Crippen LogP contribution in [0.25, 0.3) is 27.9 Å². The van der Waals surface area contributed by atoms with E-state index in [-0.39, 0.29) is 95.8 Å². The first kappa shape index (κ1) is 92.9. The van der Waals surface area contributed by atoms with Crippen molar-refractivity contribution in [1.82, 2.24) is 123 Å². The first-order chi connectivity index (χ1) is 68.3. The van der Waals surface area contributed by atoms with Gasteiger partial charge in [-0.25, -0.2) is 49.8 Å². The molecule has 720 valence electrons. The van der Waals surface area contributed by atoms with E-state index in [0.717, 1.165) is 183 Å². The van der Waals surface area contributed by atoms with E-state index in [4.69, 9.17) is 20.5 Å². The maximum absolute atomic E-state index is 13.4. The summed E-state index contributed by atoms with van der Waals surface area (Å²) in [7, 11) is 9.31. The standard InChI is InChI=1S/C25H26N6O.C21H26N6O.C20H21N7O.C19H21N7O.C18H19N7O/c1-30-15-18(14-27-30)28-25-26-10-9-23(29-25)17-11-19-7-8-20(12-17)31(19)24(32)22-13-21(22)16-5-3-2-4-6-16;1-21(2)10-17(21)19(28)27-15-4-5-16(27)9-13(8-15)18-6-7-22-20(25-18)24-14-11-23-26(3)12-14;1-26-11-14(10-23-26)24-19-22-7-4-17(25-19)13-8-15-2-3-16(9-13)27(15)18(28)20(12-21)5-6-20;1-12(9-20)18(27)26-15-3-4-16(26)8-13(7-15)17-5-6-21-19(24-17)23-14-10-22-25(2)11-14;1-24-11-13(10-21-24)22-18-20-7-5-16(23-18)12-8-14-2-3-15(9-12)25(14)17(26)4-6-19/h2-6,9-11,14-15,19-22H,7-8,12-13H2,1H3,(H,26,28,29);6-8,11-12,15-17H,4-5,9-10H2,1-3H3,(H,22,24,25);4,7-8,10-11,15-16H,2-3,5-6,9H2,1H3,(H,22,24,25);5-7,10-12,15-16H,3-4,8H2,1-2H3,(H,21,23,24);5,7-8,10-11,14-15H,2-4,9H2,1H3,(H,20,22,23). The molecule has 5 saturated heterocycles. The summed E-state index contributed by atoms with van der Waals surface area (Å²) in [5, 5.41) is 63.9. The van der Waals surface area contributed by atoms with Crippen LogP contribution < -0.4 is 26.6 Å². The Hall–Kier alpha value is -15.8. The highest BCUT2D eigenvalue weighted by Gasteiger charge is 2.58. The smallest absolute Gasteiger partial charge is 0.243 e. The maximum Gasteiger partial charge on any atom is 0.243 e. The molecule has 10 aliphatic heterocycles. The van der Waals surface area contributed by atoms with Gasteiger partial charge < -0.3 is 51.1 Å². The Morgan fingerprint density at radius 1 is 0.411 bits per heavy atom. The third-order valence-electron chi connectivity index (χ3n) is 29.3. The molecule has 10 aromatic heterocycles. The number of nitriles is 3. The lowest BCUT2D eigenvalue weighted by Crippen LogP contribution is -2.46. The van der Waals surface area contributed by atoms with Gasteiger partial charge in [-0.15, -0.1) is 0 Å². The van der Waals surface area contributed by atoms with Crippen molar-refractivity contribution in [3.63, 3.8) is 0 Å². The van der Waals surface area contributed by atoms with Crippen molar-refractivity contribution >= 4 is 116 Å². The first-order valence-electron chi connectivity index (χ1n) is 48.6. The predicted molar refractivity (Wildman–Crippen MR) is 525 cm³/mol. The molecule has 14 atom stereocenters. The van der Waals surface area contributed by atoms with Gasteiger partial charge in [0.1, 0.15) is 17.8 Å². The van der Waals surface area contributed by atoms with Crippen molar-refractivity contribution in [2.24, 2.45) is 63.8 Å². The van der Waals surface area contributed by atoms with Crippen LogP contribution in [-0.2, 0) is 59.2 Å². The third-order valence-corrected chi connectivity index (χ3v) is 29.3. The van der Waals surface area contributed by atoms with Crippen molar-refractivity contribution < 1.29 is 24.0 Å². The Balaban J connectivity index is 0.000000108. The second-order valence-corrected chi connectivity index (χ2v) is 39.7. The number of fused-ring (bicyclic) bond motifs is 10. The molecule has 0 spiro atoms. The number of amides is 5. The molecule has 5 N–H and O–H groups in total. The summed E-state index contributed by atoms with van der Waals surface area (Å²) in [4.78, 5) is 119. The van der Waals surface area contributed by atoms with Gasteiger partial charge >= 0.3 is 0 Å². The topological polar surface area (TPSA) is 451 Å². The van der Waals surface area contributed by atoms with Gasteiger partial charge in [-0.1, -0.05) is 74.6 Å². The molecule has 141 heavy (non-hydrogen) atoms. The number of aryl methyl sites for hydroxylation is 5. The molecule has 8 fully saturated rings. The first-order valence-corrected chi connectivity index (χ1v) is 48.6. The average molecular weight is 1890 g/mol. The molecule has 38 nitrogen and oxygen atoms in total. The highest BCUT2D eigenvalue weighted by atomic mass is 16.2. The van der Waals surface area contributed by atoms with E-state index in [1.807, 2.05) is 123 Å². The van der Waals surface area contributed by atoms with Gasteiger partial charge in [0.2, 0.25) is 59.3 Å². The van der Waals surface area contributed by atoms with Crippen molar-refractivity contribution in [2.75, 3.05) is 26.6 Å².